The topological polar surface area (TPSA) is 84.5 Å². The first-order valence-electron chi connectivity index (χ1n) is 8.33. The highest BCUT2D eigenvalue weighted by atomic mass is 35.5. The molecule has 1 aromatic carbocycles. The summed E-state index contributed by atoms with van der Waals surface area (Å²) in [5.41, 5.74) is 3.46. The Labute approximate surface area is 152 Å². The van der Waals surface area contributed by atoms with Crippen molar-refractivity contribution in [1.82, 2.24) is 20.4 Å². The van der Waals surface area contributed by atoms with Gasteiger partial charge >= 0.3 is 0 Å². The van der Waals surface area contributed by atoms with Gasteiger partial charge in [-0.15, -0.1) is 12.4 Å². The van der Waals surface area contributed by atoms with Gasteiger partial charge in [-0.25, -0.2) is 0 Å². The number of aromatic nitrogens is 2. The van der Waals surface area contributed by atoms with E-state index in [0.717, 1.165) is 29.9 Å². The van der Waals surface area contributed by atoms with Crippen molar-refractivity contribution in [3.63, 3.8) is 0 Å². The summed E-state index contributed by atoms with van der Waals surface area (Å²) in [7, 11) is 0. The molecule has 1 fully saturated rings. The van der Waals surface area contributed by atoms with Gasteiger partial charge in [0, 0.05) is 56.9 Å². The van der Waals surface area contributed by atoms with Crippen LogP contribution in [0.3, 0.4) is 0 Å². The van der Waals surface area contributed by atoms with Gasteiger partial charge in [0.05, 0.1) is 5.69 Å². The lowest BCUT2D eigenvalue weighted by atomic mass is 10.1. The second kappa shape index (κ2) is 7.33. The van der Waals surface area contributed by atoms with Crippen molar-refractivity contribution >= 4 is 24.0 Å². The average Bonchev–Trinajstić information content (AvgIpc) is 3.06. The first kappa shape index (κ1) is 17.6. The smallest absolute Gasteiger partial charge is 0.274 e. The molecule has 134 valence electrons. The highest BCUT2D eigenvalue weighted by molar-refractivity contribution is 5.94. The van der Waals surface area contributed by atoms with Crippen molar-refractivity contribution in [2.75, 3.05) is 37.6 Å². The number of carbonyl (C=O) groups excluding carboxylic acids is 1. The van der Waals surface area contributed by atoms with E-state index in [1.54, 1.807) is 6.07 Å². The molecule has 3 heterocycles. The number of aromatic hydroxyl groups is 1. The van der Waals surface area contributed by atoms with E-state index in [2.05, 4.69) is 20.4 Å². The molecule has 7 nitrogen and oxygen atoms in total. The fourth-order valence-electron chi connectivity index (χ4n) is 3.43. The van der Waals surface area contributed by atoms with Crippen molar-refractivity contribution in [3.8, 4) is 5.75 Å². The fourth-order valence-corrected chi connectivity index (χ4v) is 3.43. The van der Waals surface area contributed by atoms with E-state index >= 15 is 0 Å². The Balaban J connectivity index is 0.00000182. The number of halogens is 1. The van der Waals surface area contributed by atoms with Crippen molar-refractivity contribution in [3.05, 3.63) is 41.2 Å². The molecule has 2 aliphatic rings. The van der Waals surface area contributed by atoms with Gasteiger partial charge in [0.2, 0.25) is 0 Å². The van der Waals surface area contributed by atoms with Crippen LogP contribution >= 0.6 is 12.4 Å². The molecule has 0 bridgehead atoms. The molecule has 1 amide bonds. The van der Waals surface area contributed by atoms with Gasteiger partial charge in [-0.1, -0.05) is 12.1 Å². The maximum absolute atomic E-state index is 12.8. The predicted molar refractivity (Wildman–Crippen MR) is 97.5 cm³/mol. The summed E-state index contributed by atoms with van der Waals surface area (Å²) in [5, 5.41) is 20.5. The van der Waals surface area contributed by atoms with Crippen LogP contribution in [-0.4, -0.2) is 58.8 Å². The second-order valence-corrected chi connectivity index (χ2v) is 6.22. The second-order valence-electron chi connectivity index (χ2n) is 6.22. The van der Waals surface area contributed by atoms with Crippen molar-refractivity contribution in [2.45, 2.75) is 13.0 Å². The monoisotopic (exact) mass is 363 g/mol. The zero-order chi connectivity index (χ0) is 16.5. The number of hydrogen-bond donors (Lipinski definition) is 3. The number of para-hydroxylation sites is 2. The van der Waals surface area contributed by atoms with Crippen LogP contribution < -0.4 is 10.2 Å². The minimum absolute atomic E-state index is 0. The first-order valence-corrected chi connectivity index (χ1v) is 8.33. The molecule has 0 spiro atoms. The first-order chi connectivity index (χ1) is 11.7. The van der Waals surface area contributed by atoms with Crippen LogP contribution in [0.25, 0.3) is 0 Å². The van der Waals surface area contributed by atoms with Crippen molar-refractivity contribution in [2.24, 2.45) is 0 Å². The summed E-state index contributed by atoms with van der Waals surface area (Å²) in [4.78, 5) is 16.8. The molecular formula is C17H22ClN5O2. The lowest BCUT2D eigenvalue weighted by molar-refractivity contribution is 0.0739. The molecule has 0 aliphatic carbocycles. The summed E-state index contributed by atoms with van der Waals surface area (Å²) in [6.45, 7) is 4.28. The van der Waals surface area contributed by atoms with Gasteiger partial charge in [-0.3, -0.25) is 9.89 Å². The van der Waals surface area contributed by atoms with E-state index in [1.165, 1.54) is 0 Å². The Morgan fingerprint density at radius 1 is 1.16 bits per heavy atom. The number of anilines is 1. The highest BCUT2D eigenvalue weighted by Gasteiger charge is 2.28. The van der Waals surface area contributed by atoms with Gasteiger partial charge in [0.1, 0.15) is 5.75 Å². The van der Waals surface area contributed by atoms with E-state index in [4.69, 9.17) is 0 Å². The molecule has 1 saturated heterocycles. The van der Waals surface area contributed by atoms with Crippen LogP contribution in [0.15, 0.2) is 24.3 Å². The average molecular weight is 364 g/mol. The van der Waals surface area contributed by atoms with E-state index in [9.17, 15) is 9.90 Å². The summed E-state index contributed by atoms with van der Waals surface area (Å²) in [6.07, 6.45) is 0.886. The SMILES string of the molecule is Cl.O=C(c1n[nH]c2c1CNCC2)N1CCN(c2ccccc2O)CC1. The number of aromatic amines is 1. The number of nitrogens with one attached hydrogen (secondary N) is 2. The minimum Gasteiger partial charge on any atom is -0.506 e. The van der Waals surface area contributed by atoms with E-state index in [0.29, 0.717) is 38.4 Å². The van der Waals surface area contributed by atoms with Gasteiger partial charge in [-0.2, -0.15) is 5.10 Å². The molecule has 4 rings (SSSR count). The van der Waals surface area contributed by atoms with Crippen LogP contribution in [0, 0.1) is 0 Å². The lowest BCUT2D eigenvalue weighted by Gasteiger charge is -2.36. The Hall–Kier alpha value is -2.25. The Morgan fingerprint density at radius 2 is 1.92 bits per heavy atom. The van der Waals surface area contributed by atoms with Crippen molar-refractivity contribution < 1.29 is 9.90 Å². The molecule has 8 heteroatoms. The number of phenolic OH excluding ortho intramolecular Hbond substituents is 1. The van der Waals surface area contributed by atoms with Crippen LogP contribution in [-0.2, 0) is 13.0 Å². The number of rotatable bonds is 2. The summed E-state index contributed by atoms with van der Waals surface area (Å²) in [6, 6.07) is 7.32. The van der Waals surface area contributed by atoms with Gasteiger partial charge in [-0.05, 0) is 12.1 Å². The highest BCUT2D eigenvalue weighted by Crippen LogP contribution is 2.27. The molecular weight excluding hydrogens is 342 g/mol. The number of nitrogens with zero attached hydrogens (tertiary/aromatic N) is 3. The molecule has 2 aliphatic heterocycles. The molecule has 3 N–H and O–H groups in total. The zero-order valence-corrected chi connectivity index (χ0v) is 14.7. The molecule has 25 heavy (non-hydrogen) atoms. The Bertz CT molecular complexity index is 755. The number of piperazine rings is 1. The maximum atomic E-state index is 12.8. The quantitative estimate of drug-likeness (QED) is 0.745. The number of amides is 1. The van der Waals surface area contributed by atoms with Gasteiger partial charge in [0.15, 0.2) is 5.69 Å². The summed E-state index contributed by atoms with van der Waals surface area (Å²) >= 11 is 0. The number of phenols is 1. The summed E-state index contributed by atoms with van der Waals surface area (Å²) in [5.74, 6) is 0.276. The molecule has 0 atom stereocenters. The zero-order valence-electron chi connectivity index (χ0n) is 13.9. The van der Waals surface area contributed by atoms with E-state index in [1.807, 2.05) is 23.1 Å². The third-order valence-corrected chi connectivity index (χ3v) is 4.80. The van der Waals surface area contributed by atoms with Gasteiger partial charge in [0.25, 0.3) is 5.91 Å². The maximum Gasteiger partial charge on any atom is 0.274 e. The normalized spacial score (nSPS) is 17.0. The number of fused-ring (bicyclic) bond motifs is 1. The third kappa shape index (κ3) is 3.29. The molecule has 0 saturated carbocycles. The number of hydrogen-bond acceptors (Lipinski definition) is 5. The standard InChI is InChI=1S/C17H21N5O2.ClH/c23-15-4-2-1-3-14(15)21-7-9-22(10-8-21)17(24)16-12-11-18-6-5-13(12)19-20-16;/h1-4,18,23H,5-11H2,(H,19,20);1H. The van der Waals surface area contributed by atoms with Crippen LogP contribution in [0.4, 0.5) is 5.69 Å². The Morgan fingerprint density at radius 3 is 2.68 bits per heavy atom. The van der Waals surface area contributed by atoms with E-state index in [-0.39, 0.29) is 24.1 Å². The largest absolute Gasteiger partial charge is 0.506 e. The van der Waals surface area contributed by atoms with E-state index < -0.39 is 0 Å². The van der Waals surface area contributed by atoms with Crippen molar-refractivity contribution in [1.29, 1.82) is 0 Å². The number of H-pyrrole nitrogens is 1. The predicted octanol–water partition coefficient (Wildman–Crippen LogP) is 1.15. The van der Waals surface area contributed by atoms with Crippen LogP contribution in [0.1, 0.15) is 21.7 Å². The number of carbonyl (C=O) groups is 1. The van der Waals surface area contributed by atoms with Gasteiger partial charge < -0.3 is 20.2 Å². The lowest BCUT2D eigenvalue weighted by Crippen LogP contribution is -2.49. The minimum atomic E-state index is -0.00636. The molecule has 0 unspecified atom stereocenters. The number of benzene rings is 1. The fraction of sp³-hybridized carbons (Fsp3) is 0.412. The molecule has 0 radical (unpaired) electrons. The van der Waals surface area contributed by atoms with Crippen LogP contribution in [0.2, 0.25) is 0 Å². The summed E-state index contributed by atoms with van der Waals surface area (Å²) < 4.78 is 0. The molecule has 1 aromatic heterocycles. The van der Waals surface area contributed by atoms with Crippen LogP contribution in [0.5, 0.6) is 5.75 Å². The third-order valence-electron chi connectivity index (χ3n) is 4.80. The Kier molecular flexibility index (Phi) is 5.15. The molecule has 2 aromatic rings.